The Bertz CT molecular complexity index is 704. The highest BCUT2D eigenvalue weighted by atomic mass is 35.5. The number of rotatable bonds is 3. The molecule has 0 saturated heterocycles. The van der Waals surface area contributed by atoms with Crippen molar-refractivity contribution in [2.24, 2.45) is 0 Å². The second kappa shape index (κ2) is 6.82. The molecule has 0 aliphatic heterocycles. The quantitative estimate of drug-likeness (QED) is 0.890. The summed E-state index contributed by atoms with van der Waals surface area (Å²) in [4.78, 5) is 19.8. The Hall–Kier alpha value is -2.35. The fourth-order valence-corrected chi connectivity index (χ4v) is 1.90. The number of nitrogens with zero attached hydrogens (tertiary/aromatic N) is 2. The van der Waals surface area contributed by atoms with E-state index in [0.29, 0.717) is 5.69 Å². The zero-order valence-corrected chi connectivity index (χ0v) is 12.7. The molecule has 122 valence electrons. The standard InChI is InChI=1S/C14H12ClF3N4O/c1-8-5-20-10(6-19-8)7-21-13(23)22-9-2-3-12(15)11(4-9)14(16,17)18/h2-6H,7H2,1H3,(H2,21,22,23). The first-order chi connectivity index (χ1) is 10.8. The number of hydrogen-bond donors (Lipinski definition) is 2. The molecule has 0 unspecified atom stereocenters. The van der Waals surface area contributed by atoms with Crippen LogP contribution >= 0.6 is 11.6 Å². The number of alkyl halides is 3. The van der Waals surface area contributed by atoms with Gasteiger partial charge in [0, 0.05) is 11.9 Å². The number of hydrogen-bond acceptors (Lipinski definition) is 3. The molecule has 1 heterocycles. The van der Waals surface area contributed by atoms with Gasteiger partial charge in [0.15, 0.2) is 0 Å². The van der Waals surface area contributed by atoms with Crippen molar-refractivity contribution in [1.29, 1.82) is 0 Å². The fraction of sp³-hybridized carbons (Fsp3) is 0.214. The SMILES string of the molecule is Cc1cnc(CNC(=O)Nc2ccc(Cl)c(C(F)(F)F)c2)cn1. The minimum absolute atomic E-state index is 0.0192. The molecule has 0 aliphatic carbocycles. The first kappa shape index (κ1) is 17.0. The van der Waals surface area contributed by atoms with Crippen LogP contribution in [-0.2, 0) is 12.7 Å². The van der Waals surface area contributed by atoms with E-state index in [0.717, 1.165) is 17.8 Å². The number of carbonyl (C=O) groups is 1. The molecule has 0 bridgehead atoms. The zero-order valence-electron chi connectivity index (χ0n) is 11.9. The number of benzene rings is 1. The van der Waals surface area contributed by atoms with Gasteiger partial charge in [0.25, 0.3) is 0 Å². The van der Waals surface area contributed by atoms with Gasteiger partial charge in [-0.25, -0.2) is 4.79 Å². The Morgan fingerprint density at radius 2 is 2.00 bits per heavy atom. The Morgan fingerprint density at radius 1 is 1.26 bits per heavy atom. The smallest absolute Gasteiger partial charge is 0.332 e. The van der Waals surface area contributed by atoms with Gasteiger partial charge in [0.05, 0.1) is 34.7 Å². The lowest BCUT2D eigenvalue weighted by Gasteiger charge is -2.12. The van der Waals surface area contributed by atoms with Gasteiger partial charge in [-0.05, 0) is 25.1 Å². The molecule has 9 heteroatoms. The van der Waals surface area contributed by atoms with Gasteiger partial charge >= 0.3 is 12.2 Å². The monoisotopic (exact) mass is 344 g/mol. The highest BCUT2D eigenvalue weighted by Gasteiger charge is 2.33. The second-order valence-electron chi connectivity index (χ2n) is 4.65. The van der Waals surface area contributed by atoms with Gasteiger partial charge in [-0.15, -0.1) is 0 Å². The predicted molar refractivity (Wildman–Crippen MR) is 79.1 cm³/mol. The Morgan fingerprint density at radius 3 is 2.61 bits per heavy atom. The van der Waals surface area contributed by atoms with Gasteiger partial charge in [-0.3, -0.25) is 9.97 Å². The lowest BCUT2D eigenvalue weighted by atomic mass is 10.2. The van der Waals surface area contributed by atoms with Crippen molar-refractivity contribution < 1.29 is 18.0 Å². The van der Waals surface area contributed by atoms with Crippen LogP contribution in [0.5, 0.6) is 0 Å². The minimum atomic E-state index is -4.59. The Labute approximate surface area is 134 Å². The van der Waals surface area contributed by atoms with E-state index in [1.54, 1.807) is 13.1 Å². The number of aromatic nitrogens is 2. The van der Waals surface area contributed by atoms with Crippen molar-refractivity contribution >= 4 is 23.3 Å². The van der Waals surface area contributed by atoms with Gasteiger partial charge in [-0.1, -0.05) is 11.6 Å². The van der Waals surface area contributed by atoms with Gasteiger partial charge in [0.2, 0.25) is 0 Å². The molecule has 23 heavy (non-hydrogen) atoms. The summed E-state index contributed by atoms with van der Waals surface area (Å²) < 4.78 is 38.2. The van der Waals surface area contributed by atoms with Crippen LogP contribution in [0.25, 0.3) is 0 Å². The first-order valence-corrected chi connectivity index (χ1v) is 6.82. The summed E-state index contributed by atoms with van der Waals surface area (Å²) in [5.74, 6) is 0. The van der Waals surface area contributed by atoms with Crippen molar-refractivity contribution in [1.82, 2.24) is 15.3 Å². The summed E-state index contributed by atoms with van der Waals surface area (Å²) in [6, 6.07) is 2.46. The van der Waals surface area contributed by atoms with Crippen molar-refractivity contribution in [3.8, 4) is 0 Å². The number of halogens is 4. The van der Waals surface area contributed by atoms with E-state index in [9.17, 15) is 18.0 Å². The molecule has 0 saturated carbocycles. The maximum Gasteiger partial charge on any atom is 0.417 e. The van der Waals surface area contributed by atoms with Crippen LogP contribution in [0.4, 0.5) is 23.7 Å². The van der Waals surface area contributed by atoms with Crippen LogP contribution < -0.4 is 10.6 Å². The molecule has 0 atom stereocenters. The first-order valence-electron chi connectivity index (χ1n) is 6.45. The van der Waals surface area contributed by atoms with Crippen molar-refractivity contribution in [3.63, 3.8) is 0 Å². The average Bonchev–Trinajstić information content (AvgIpc) is 2.47. The molecular formula is C14H12ClF3N4O. The lowest BCUT2D eigenvalue weighted by Crippen LogP contribution is -2.28. The third-order valence-corrected chi connectivity index (χ3v) is 3.12. The summed E-state index contributed by atoms with van der Waals surface area (Å²) in [6.07, 6.45) is -1.55. The molecular weight excluding hydrogens is 333 g/mol. The molecule has 0 spiro atoms. The summed E-state index contributed by atoms with van der Waals surface area (Å²) in [7, 11) is 0. The number of urea groups is 1. The van der Waals surface area contributed by atoms with E-state index in [2.05, 4.69) is 20.6 Å². The van der Waals surface area contributed by atoms with E-state index >= 15 is 0 Å². The van der Waals surface area contributed by atoms with Crippen LogP contribution in [0.2, 0.25) is 5.02 Å². The molecule has 2 N–H and O–H groups in total. The van der Waals surface area contributed by atoms with Crippen LogP contribution in [0, 0.1) is 6.92 Å². The van der Waals surface area contributed by atoms with Gasteiger partial charge in [-0.2, -0.15) is 13.2 Å². The van der Waals surface area contributed by atoms with E-state index in [1.165, 1.54) is 12.3 Å². The number of anilines is 1. The second-order valence-corrected chi connectivity index (χ2v) is 5.06. The molecule has 5 nitrogen and oxygen atoms in total. The van der Waals surface area contributed by atoms with E-state index in [-0.39, 0.29) is 12.2 Å². The molecule has 2 rings (SSSR count). The maximum absolute atomic E-state index is 12.7. The van der Waals surface area contributed by atoms with Crippen molar-refractivity contribution in [2.75, 3.05) is 5.32 Å². The summed E-state index contributed by atoms with van der Waals surface area (Å²) in [5.41, 5.74) is 0.229. The summed E-state index contributed by atoms with van der Waals surface area (Å²) in [5, 5.41) is 4.35. The topological polar surface area (TPSA) is 66.9 Å². The molecule has 2 aromatic rings. The maximum atomic E-state index is 12.7. The highest BCUT2D eigenvalue weighted by molar-refractivity contribution is 6.31. The molecule has 1 aromatic carbocycles. The van der Waals surface area contributed by atoms with Crippen molar-refractivity contribution in [3.05, 3.63) is 52.6 Å². The fourth-order valence-electron chi connectivity index (χ4n) is 1.68. The largest absolute Gasteiger partial charge is 0.417 e. The zero-order chi connectivity index (χ0) is 17.0. The number of aryl methyl sites for hydroxylation is 1. The number of amides is 2. The van der Waals surface area contributed by atoms with E-state index < -0.39 is 22.8 Å². The summed E-state index contributed by atoms with van der Waals surface area (Å²) >= 11 is 5.51. The molecule has 2 amide bonds. The molecule has 1 aromatic heterocycles. The Kier molecular flexibility index (Phi) is 5.05. The lowest BCUT2D eigenvalue weighted by molar-refractivity contribution is -0.137. The van der Waals surface area contributed by atoms with E-state index in [1.807, 2.05) is 0 Å². The third-order valence-electron chi connectivity index (χ3n) is 2.79. The minimum Gasteiger partial charge on any atom is -0.332 e. The molecule has 0 fully saturated rings. The summed E-state index contributed by atoms with van der Waals surface area (Å²) in [6.45, 7) is 1.87. The van der Waals surface area contributed by atoms with E-state index in [4.69, 9.17) is 11.6 Å². The van der Waals surface area contributed by atoms with Crippen LogP contribution in [0.1, 0.15) is 17.0 Å². The highest BCUT2D eigenvalue weighted by Crippen LogP contribution is 2.36. The van der Waals surface area contributed by atoms with Gasteiger partial charge in [0.1, 0.15) is 0 Å². The van der Waals surface area contributed by atoms with Crippen LogP contribution in [-0.4, -0.2) is 16.0 Å². The van der Waals surface area contributed by atoms with Crippen LogP contribution in [0.15, 0.2) is 30.6 Å². The van der Waals surface area contributed by atoms with Crippen LogP contribution in [0.3, 0.4) is 0 Å². The number of nitrogens with one attached hydrogen (secondary N) is 2. The molecule has 0 radical (unpaired) electrons. The predicted octanol–water partition coefficient (Wildman–Crippen LogP) is 3.78. The molecule has 0 aliphatic rings. The average molecular weight is 345 g/mol. The number of carbonyl (C=O) groups excluding carboxylic acids is 1. The third kappa shape index (κ3) is 4.82. The van der Waals surface area contributed by atoms with Gasteiger partial charge < -0.3 is 10.6 Å². The Balaban J connectivity index is 1.99. The normalized spacial score (nSPS) is 11.2. The van der Waals surface area contributed by atoms with Crippen molar-refractivity contribution in [2.45, 2.75) is 19.6 Å².